The summed E-state index contributed by atoms with van der Waals surface area (Å²) in [6.07, 6.45) is 0.783. The van der Waals surface area contributed by atoms with Crippen LogP contribution in [0.1, 0.15) is 25.3 Å². The molecule has 2 rings (SSSR count). The second kappa shape index (κ2) is 6.68. The molecule has 0 radical (unpaired) electrons. The van der Waals surface area contributed by atoms with E-state index in [0.717, 1.165) is 24.9 Å². The maximum atomic E-state index is 12.2. The van der Waals surface area contributed by atoms with E-state index in [-0.39, 0.29) is 12.0 Å². The lowest BCUT2D eigenvalue weighted by atomic mass is 10.1. The van der Waals surface area contributed by atoms with Crippen LogP contribution in [0.15, 0.2) is 30.3 Å². The van der Waals surface area contributed by atoms with Crippen LogP contribution in [0, 0.1) is 0 Å². The van der Waals surface area contributed by atoms with Crippen LogP contribution >= 0.6 is 0 Å². The van der Waals surface area contributed by atoms with E-state index < -0.39 is 6.10 Å². The fourth-order valence-electron chi connectivity index (χ4n) is 2.28. The van der Waals surface area contributed by atoms with E-state index in [9.17, 15) is 9.90 Å². The van der Waals surface area contributed by atoms with Crippen LogP contribution < -0.4 is 0 Å². The number of likely N-dealkylation sites (tertiary alicyclic amines) is 1. The van der Waals surface area contributed by atoms with Crippen LogP contribution in [0.2, 0.25) is 0 Å². The molecule has 0 spiro atoms. The first kappa shape index (κ1) is 14.0. The minimum atomic E-state index is -0.467. The third-order valence-electron chi connectivity index (χ3n) is 3.40. The molecule has 1 saturated heterocycles. The Balaban J connectivity index is 1.82. The summed E-state index contributed by atoms with van der Waals surface area (Å²) in [6, 6.07) is 9.80. The van der Waals surface area contributed by atoms with Crippen molar-refractivity contribution in [2.45, 2.75) is 38.6 Å². The number of aliphatic hydroxyl groups is 1. The third kappa shape index (κ3) is 4.04. The van der Waals surface area contributed by atoms with E-state index in [4.69, 9.17) is 4.74 Å². The number of hydrogen-bond donors (Lipinski definition) is 1. The monoisotopic (exact) mass is 263 g/mol. The smallest absolute Gasteiger partial charge is 0.251 e. The Morgan fingerprint density at radius 3 is 2.89 bits per heavy atom. The molecule has 1 aromatic rings. The number of nitrogens with zero attached hydrogens (tertiary/aromatic N) is 1. The number of benzene rings is 1. The molecule has 1 fully saturated rings. The fourth-order valence-corrected chi connectivity index (χ4v) is 2.28. The first-order chi connectivity index (χ1) is 9.16. The van der Waals surface area contributed by atoms with Crippen LogP contribution in [0.3, 0.4) is 0 Å². The topological polar surface area (TPSA) is 49.8 Å². The van der Waals surface area contributed by atoms with E-state index >= 15 is 0 Å². The Morgan fingerprint density at radius 1 is 1.47 bits per heavy atom. The number of amides is 1. The summed E-state index contributed by atoms with van der Waals surface area (Å²) < 4.78 is 5.61. The van der Waals surface area contributed by atoms with Gasteiger partial charge in [0.2, 0.25) is 0 Å². The fraction of sp³-hybridized carbons (Fsp3) is 0.533. The number of β-amino-alcohol motifs (C(OH)–C–C–N with tert-alkyl or cyclic N) is 1. The Bertz CT molecular complexity index is 407. The van der Waals surface area contributed by atoms with Crippen LogP contribution in [0.25, 0.3) is 0 Å². The van der Waals surface area contributed by atoms with Gasteiger partial charge in [0.05, 0.1) is 12.7 Å². The Hall–Kier alpha value is -1.39. The molecule has 104 valence electrons. The number of hydrogen-bond acceptors (Lipinski definition) is 3. The van der Waals surface area contributed by atoms with Crippen LogP contribution in [-0.2, 0) is 16.1 Å². The average molecular weight is 263 g/mol. The number of rotatable bonds is 4. The van der Waals surface area contributed by atoms with Gasteiger partial charge in [-0.05, 0) is 25.3 Å². The van der Waals surface area contributed by atoms with Crippen molar-refractivity contribution < 1.29 is 14.6 Å². The van der Waals surface area contributed by atoms with Gasteiger partial charge in [-0.2, -0.15) is 0 Å². The molecule has 2 atom stereocenters. The van der Waals surface area contributed by atoms with Gasteiger partial charge in [0.25, 0.3) is 5.91 Å². The summed E-state index contributed by atoms with van der Waals surface area (Å²) in [6.45, 7) is 3.35. The highest BCUT2D eigenvalue weighted by Gasteiger charge is 2.26. The third-order valence-corrected chi connectivity index (χ3v) is 3.40. The van der Waals surface area contributed by atoms with E-state index in [1.165, 1.54) is 0 Å². The molecule has 1 amide bonds. The average Bonchev–Trinajstić information content (AvgIpc) is 2.45. The highest BCUT2D eigenvalue weighted by molar-refractivity contribution is 5.80. The van der Waals surface area contributed by atoms with E-state index in [1.54, 1.807) is 11.8 Å². The predicted octanol–water partition coefficient (Wildman–Crippen LogP) is 1.57. The minimum absolute atomic E-state index is 0.0327. The molecule has 0 saturated carbocycles. The molecule has 0 aromatic heterocycles. The summed E-state index contributed by atoms with van der Waals surface area (Å²) in [5.41, 5.74) is 1.06. The summed E-state index contributed by atoms with van der Waals surface area (Å²) in [5, 5.41) is 9.58. The molecule has 1 heterocycles. The van der Waals surface area contributed by atoms with Gasteiger partial charge in [-0.3, -0.25) is 4.79 Å². The van der Waals surface area contributed by atoms with Crippen LogP contribution in [-0.4, -0.2) is 41.2 Å². The maximum absolute atomic E-state index is 12.2. The second-order valence-corrected chi connectivity index (χ2v) is 5.02. The minimum Gasteiger partial charge on any atom is -0.391 e. The molecule has 1 N–H and O–H groups in total. The zero-order chi connectivity index (χ0) is 13.7. The molecule has 1 unspecified atom stereocenters. The summed E-state index contributed by atoms with van der Waals surface area (Å²) >= 11 is 0. The van der Waals surface area contributed by atoms with Crippen molar-refractivity contribution >= 4 is 5.91 Å². The molecule has 1 aliphatic heterocycles. The molecule has 19 heavy (non-hydrogen) atoms. The van der Waals surface area contributed by atoms with Gasteiger partial charge < -0.3 is 14.7 Å². The highest BCUT2D eigenvalue weighted by atomic mass is 16.5. The lowest BCUT2D eigenvalue weighted by molar-refractivity contribution is -0.146. The summed E-state index contributed by atoms with van der Waals surface area (Å²) in [4.78, 5) is 13.9. The van der Waals surface area contributed by atoms with Gasteiger partial charge in [-0.1, -0.05) is 30.3 Å². The molecular formula is C15H21NO3. The van der Waals surface area contributed by atoms with Crippen molar-refractivity contribution in [2.24, 2.45) is 0 Å². The van der Waals surface area contributed by atoms with Crippen molar-refractivity contribution in [2.75, 3.05) is 13.1 Å². The van der Waals surface area contributed by atoms with E-state index in [0.29, 0.717) is 13.2 Å². The van der Waals surface area contributed by atoms with Gasteiger partial charge >= 0.3 is 0 Å². The van der Waals surface area contributed by atoms with Crippen molar-refractivity contribution in [3.05, 3.63) is 35.9 Å². The lowest BCUT2D eigenvalue weighted by Crippen LogP contribution is -2.46. The molecular weight excluding hydrogens is 242 g/mol. The number of aliphatic hydroxyl groups excluding tert-OH is 1. The van der Waals surface area contributed by atoms with Crippen molar-refractivity contribution in [1.82, 2.24) is 4.90 Å². The zero-order valence-electron chi connectivity index (χ0n) is 11.3. The normalized spacial score (nSPS) is 21.2. The standard InChI is InChI=1S/C15H21NO3/c1-12(19-11-13-6-3-2-4-7-13)15(18)16-9-5-8-14(17)10-16/h2-4,6-7,12,14,17H,5,8-11H2,1H3/t12?,14-/m0/s1. The molecule has 1 aromatic carbocycles. The van der Waals surface area contributed by atoms with Gasteiger partial charge in [-0.15, -0.1) is 0 Å². The van der Waals surface area contributed by atoms with Crippen LogP contribution in [0.5, 0.6) is 0 Å². The van der Waals surface area contributed by atoms with Gasteiger partial charge in [0.15, 0.2) is 0 Å². The first-order valence-electron chi connectivity index (χ1n) is 6.79. The van der Waals surface area contributed by atoms with Crippen molar-refractivity contribution in [1.29, 1.82) is 0 Å². The summed E-state index contributed by atoms with van der Waals surface area (Å²) in [5.74, 6) is -0.0327. The molecule has 0 bridgehead atoms. The Kier molecular flexibility index (Phi) is 4.93. The van der Waals surface area contributed by atoms with Gasteiger partial charge in [-0.25, -0.2) is 0 Å². The van der Waals surface area contributed by atoms with Crippen LogP contribution in [0.4, 0.5) is 0 Å². The quantitative estimate of drug-likeness (QED) is 0.897. The lowest BCUT2D eigenvalue weighted by Gasteiger charge is -2.31. The molecule has 4 nitrogen and oxygen atoms in total. The second-order valence-electron chi connectivity index (χ2n) is 5.02. The molecule has 1 aliphatic rings. The zero-order valence-corrected chi connectivity index (χ0v) is 11.3. The molecule has 4 heteroatoms. The van der Waals surface area contributed by atoms with Gasteiger partial charge in [0, 0.05) is 13.1 Å². The van der Waals surface area contributed by atoms with E-state index in [1.807, 2.05) is 30.3 Å². The Morgan fingerprint density at radius 2 is 2.21 bits per heavy atom. The van der Waals surface area contributed by atoms with Crippen molar-refractivity contribution in [3.63, 3.8) is 0 Å². The first-order valence-corrected chi connectivity index (χ1v) is 6.79. The highest BCUT2D eigenvalue weighted by Crippen LogP contribution is 2.13. The SMILES string of the molecule is CC(OCc1ccccc1)C(=O)N1CCC[C@H](O)C1. The number of carbonyl (C=O) groups is 1. The predicted molar refractivity (Wildman–Crippen MR) is 72.5 cm³/mol. The maximum Gasteiger partial charge on any atom is 0.251 e. The van der Waals surface area contributed by atoms with E-state index in [2.05, 4.69) is 0 Å². The number of ether oxygens (including phenoxy) is 1. The Labute approximate surface area is 114 Å². The van der Waals surface area contributed by atoms with Crippen molar-refractivity contribution in [3.8, 4) is 0 Å². The summed E-state index contributed by atoms with van der Waals surface area (Å²) in [7, 11) is 0. The molecule has 0 aliphatic carbocycles. The largest absolute Gasteiger partial charge is 0.391 e. The number of carbonyl (C=O) groups excluding carboxylic acids is 1. The van der Waals surface area contributed by atoms with Gasteiger partial charge in [0.1, 0.15) is 6.10 Å². The number of piperidine rings is 1.